The van der Waals surface area contributed by atoms with Gasteiger partial charge in [0.2, 0.25) is 0 Å². The topological polar surface area (TPSA) is 74.6 Å². The number of allylic oxidation sites excluding steroid dienone is 2. The zero-order chi connectivity index (χ0) is 14.5. The summed E-state index contributed by atoms with van der Waals surface area (Å²) in [6, 6.07) is 0. The molecule has 0 aromatic rings. The maximum Gasteiger partial charge on any atom is 0.318 e. The van der Waals surface area contributed by atoms with Gasteiger partial charge < -0.3 is 10.2 Å². The molecular weight excluding hydrogens is 244 g/mol. The molecule has 0 unspecified atom stereocenters. The van der Waals surface area contributed by atoms with Crippen molar-refractivity contribution in [3.8, 4) is 0 Å². The zero-order valence-corrected chi connectivity index (χ0v) is 11.8. The molecule has 0 bridgehead atoms. The minimum absolute atomic E-state index is 0.0706. The Labute approximate surface area is 115 Å². The normalized spacial score (nSPS) is 11.3. The minimum Gasteiger partial charge on any atom is -0.481 e. The first-order valence-electron chi connectivity index (χ1n) is 7.20. The Kier molecular flexibility index (Phi) is 10.9. The number of carbonyl (C=O) groups is 2. The second kappa shape index (κ2) is 11.8. The molecule has 0 amide bonds. The lowest BCUT2D eigenvalue weighted by Gasteiger charge is -2.02. The first-order valence-corrected chi connectivity index (χ1v) is 7.20. The molecule has 0 heterocycles. The molecule has 0 fully saturated rings. The molecule has 110 valence electrons. The van der Waals surface area contributed by atoms with Crippen LogP contribution in [0, 0.1) is 5.92 Å². The SMILES string of the molecule is CCCCCCCCC/C=C/CC(C(=O)O)C(=O)O. The van der Waals surface area contributed by atoms with Gasteiger partial charge in [0.05, 0.1) is 0 Å². The van der Waals surface area contributed by atoms with Crippen molar-refractivity contribution in [3.05, 3.63) is 12.2 Å². The lowest BCUT2D eigenvalue weighted by atomic mass is 10.0. The summed E-state index contributed by atoms with van der Waals surface area (Å²) >= 11 is 0. The first kappa shape index (κ1) is 17.7. The molecule has 4 nitrogen and oxygen atoms in total. The molecule has 0 aromatic heterocycles. The van der Waals surface area contributed by atoms with Crippen molar-refractivity contribution in [3.63, 3.8) is 0 Å². The highest BCUT2D eigenvalue weighted by Crippen LogP contribution is 2.10. The Bertz CT molecular complexity index is 270. The molecule has 0 saturated heterocycles. The Morgan fingerprint density at radius 3 is 1.95 bits per heavy atom. The highest BCUT2D eigenvalue weighted by molar-refractivity contribution is 5.92. The summed E-state index contributed by atoms with van der Waals surface area (Å²) in [5.41, 5.74) is 0. The number of aliphatic carboxylic acids is 2. The Morgan fingerprint density at radius 2 is 1.42 bits per heavy atom. The van der Waals surface area contributed by atoms with Crippen LogP contribution in [0.25, 0.3) is 0 Å². The van der Waals surface area contributed by atoms with Gasteiger partial charge in [-0.2, -0.15) is 0 Å². The Hall–Kier alpha value is -1.32. The molecule has 0 atom stereocenters. The van der Waals surface area contributed by atoms with Gasteiger partial charge in [-0.3, -0.25) is 9.59 Å². The summed E-state index contributed by atoms with van der Waals surface area (Å²) in [5.74, 6) is -3.86. The average molecular weight is 270 g/mol. The van der Waals surface area contributed by atoms with Crippen LogP contribution in [0.15, 0.2) is 12.2 Å². The van der Waals surface area contributed by atoms with E-state index in [0.717, 1.165) is 12.8 Å². The second-order valence-electron chi connectivity index (χ2n) is 4.85. The molecule has 0 radical (unpaired) electrons. The van der Waals surface area contributed by atoms with Gasteiger partial charge in [-0.1, -0.05) is 57.6 Å². The van der Waals surface area contributed by atoms with Crippen LogP contribution in [0.5, 0.6) is 0 Å². The predicted octanol–water partition coefficient (Wildman–Crippen LogP) is 3.86. The summed E-state index contributed by atoms with van der Waals surface area (Å²) in [6.45, 7) is 2.20. The maximum atomic E-state index is 10.6. The van der Waals surface area contributed by atoms with Crippen LogP contribution < -0.4 is 0 Å². The van der Waals surface area contributed by atoms with Crippen molar-refractivity contribution in [2.45, 2.75) is 64.7 Å². The van der Waals surface area contributed by atoms with Crippen LogP contribution in [-0.2, 0) is 9.59 Å². The maximum absolute atomic E-state index is 10.6. The van der Waals surface area contributed by atoms with Crippen molar-refractivity contribution < 1.29 is 19.8 Å². The fraction of sp³-hybridized carbons (Fsp3) is 0.733. The van der Waals surface area contributed by atoms with Crippen LogP contribution in [-0.4, -0.2) is 22.2 Å². The summed E-state index contributed by atoms with van der Waals surface area (Å²) in [5, 5.41) is 17.3. The fourth-order valence-corrected chi connectivity index (χ4v) is 1.88. The lowest BCUT2D eigenvalue weighted by molar-refractivity contribution is -0.154. The highest BCUT2D eigenvalue weighted by Gasteiger charge is 2.23. The molecule has 0 aromatic carbocycles. The first-order chi connectivity index (χ1) is 9.09. The summed E-state index contributed by atoms with van der Waals surface area (Å²) in [6.07, 6.45) is 13.2. The largest absolute Gasteiger partial charge is 0.481 e. The monoisotopic (exact) mass is 270 g/mol. The van der Waals surface area contributed by atoms with Crippen molar-refractivity contribution in [2.75, 3.05) is 0 Å². The molecule has 0 aliphatic rings. The van der Waals surface area contributed by atoms with E-state index in [1.807, 2.05) is 6.08 Å². The number of carboxylic acids is 2. The van der Waals surface area contributed by atoms with Crippen LogP contribution in [0.4, 0.5) is 0 Å². The lowest BCUT2D eigenvalue weighted by Crippen LogP contribution is -2.22. The van der Waals surface area contributed by atoms with E-state index in [0.29, 0.717) is 0 Å². The fourth-order valence-electron chi connectivity index (χ4n) is 1.88. The third kappa shape index (κ3) is 10.3. The van der Waals surface area contributed by atoms with Crippen molar-refractivity contribution >= 4 is 11.9 Å². The third-order valence-corrected chi connectivity index (χ3v) is 3.11. The zero-order valence-electron chi connectivity index (χ0n) is 11.8. The number of carboxylic acid groups (broad SMARTS) is 2. The average Bonchev–Trinajstić information content (AvgIpc) is 2.35. The van der Waals surface area contributed by atoms with E-state index < -0.39 is 17.9 Å². The van der Waals surface area contributed by atoms with E-state index >= 15 is 0 Å². The molecule has 0 aliphatic heterocycles. The molecule has 0 rings (SSSR count). The molecule has 19 heavy (non-hydrogen) atoms. The molecule has 4 heteroatoms. The van der Waals surface area contributed by atoms with E-state index in [1.54, 1.807) is 6.08 Å². The molecule has 2 N–H and O–H groups in total. The van der Waals surface area contributed by atoms with Crippen LogP contribution in [0.2, 0.25) is 0 Å². The van der Waals surface area contributed by atoms with Gasteiger partial charge in [-0.25, -0.2) is 0 Å². The van der Waals surface area contributed by atoms with Crippen LogP contribution in [0.3, 0.4) is 0 Å². The summed E-state index contributed by atoms with van der Waals surface area (Å²) < 4.78 is 0. The van der Waals surface area contributed by atoms with Gasteiger partial charge in [0, 0.05) is 0 Å². The van der Waals surface area contributed by atoms with Crippen molar-refractivity contribution in [1.29, 1.82) is 0 Å². The molecule has 0 saturated carbocycles. The van der Waals surface area contributed by atoms with E-state index in [-0.39, 0.29) is 6.42 Å². The second-order valence-corrected chi connectivity index (χ2v) is 4.85. The predicted molar refractivity (Wildman–Crippen MR) is 75.1 cm³/mol. The molecule has 0 spiro atoms. The van der Waals surface area contributed by atoms with E-state index in [2.05, 4.69) is 6.92 Å². The summed E-state index contributed by atoms with van der Waals surface area (Å²) in [7, 11) is 0. The summed E-state index contributed by atoms with van der Waals surface area (Å²) in [4.78, 5) is 21.2. The van der Waals surface area contributed by atoms with Gasteiger partial charge >= 0.3 is 11.9 Å². The van der Waals surface area contributed by atoms with E-state index in [4.69, 9.17) is 10.2 Å². The standard InChI is InChI=1S/C15H26O4/c1-2-3-4-5-6-7-8-9-10-11-12-13(14(16)17)15(18)19/h10-11,13H,2-9,12H2,1H3,(H,16,17)(H,18,19)/b11-10+. The van der Waals surface area contributed by atoms with Gasteiger partial charge in [0.15, 0.2) is 5.92 Å². The Balaban J connectivity index is 3.53. The number of hydrogen-bond acceptors (Lipinski definition) is 2. The number of rotatable bonds is 12. The number of unbranched alkanes of at least 4 members (excludes halogenated alkanes) is 7. The van der Waals surface area contributed by atoms with Crippen molar-refractivity contribution in [1.82, 2.24) is 0 Å². The quantitative estimate of drug-likeness (QED) is 0.321. The third-order valence-electron chi connectivity index (χ3n) is 3.11. The smallest absolute Gasteiger partial charge is 0.318 e. The van der Waals surface area contributed by atoms with Gasteiger partial charge in [-0.05, 0) is 19.3 Å². The van der Waals surface area contributed by atoms with Crippen molar-refractivity contribution in [2.24, 2.45) is 5.92 Å². The van der Waals surface area contributed by atoms with Crippen LogP contribution in [0.1, 0.15) is 64.7 Å². The van der Waals surface area contributed by atoms with Gasteiger partial charge in [0.1, 0.15) is 0 Å². The number of hydrogen-bond donors (Lipinski definition) is 2. The van der Waals surface area contributed by atoms with E-state index in [9.17, 15) is 9.59 Å². The van der Waals surface area contributed by atoms with Crippen LogP contribution >= 0.6 is 0 Å². The molecular formula is C15H26O4. The van der Waals surface area contributed by atoms with E-state index in [1.165, 1.54) is 38.5 Å². The van der Waals surface area contributed by atoms with Gasteiger partial charge in [0.25, 0.3) is 0 Å². The van der Waals surface area contributed by atoms with Gasteiger partial charge in [-0.15, -0.1) is 0 Å². The highest BCUT2D eigenvalue weighted by atomic mass is 16.4. The Morgan fingerprint density at radius 1 is 0.895 bits per heavy atom. The minimum atomic E-state index is -1.31. The molecule has 0 aliphatic carbocycles.